The third-order valence-corrected chi connectivity index (χ3v) is 9.90. The molecule has 3 aromatic carbocycles. The Morgan fingerprint density at radius 3 is 2.35 bits per heavy atom. The summed E-state index contributed by atoms with van der Waals surface area (Å²) in [7, 11) is 1.37. The number of pyridine rings is 1. The number of thioether (sulfide) groups is 1. The predicted molar refractivity (Wildman–Crippen MR) is 166 cm³/mol. The van der Waals surface area contributed by atoms with Gasteiger partial charge in [0.25, 0.3) is 5.56 Å². The zero-order valence-electron chi connectivity index (χ0n) is 23.9. The van der Waals surface area contributed by atoms with Crippen LogP contribution in [0, 0.1) is 24.4 Å². The first-order valence-electron chi connectivity index (χ1n) is 14.2. The molecule has 0 spiro atoms. The SMILES string of the molecule is COc1cccc(-c2c(C)c(Cc3c(F)cccc3F)c3n(c2=O)C(CN2CCN(c4cccc(Cl)c4)CC2)CS3)c1F. The molecule has 0 saturated carbocycles. The second kappa shape index (κ2) is 12.3. The van der Waals surface area contributed by atoms with Crippen molar-refractivity contribution in [1.29, 1.82) is 0 Å². The highest BCUT2D eigenvalue weighted by Crippen LogP contribution is 2.41. The van der Waals surface area contributed by atoms with E-state index in [0.717, 1.165) is 31.9 Å². The van der Waals surface area contributed by atoms with Crippen LogP contribution in [0.15, 0.2) is 70.5 Å². The number of piperazine rings is 1. The highest BCUT2D eigenvalue weighted by atomic mass is 35.5. The molecule has 1 unspecified atom stereocenters. The molecule has 10 heteroatoms. The van der Waals surface area contributed by atoms with Gasteiger partial charge in [-0.1, -0.05) is 35.9 Å². The molecule has 0 bridgehead atoms. The van der Waals surface area contributed by atoms with Gasteiger partial charge < -0.3 is 9.64 Å². The molecule has 43 heavy (non-hydrogen) atoms. The van der Waals surface area contributed by atoms with Crippen molar-refractivity contribution in [2.75, 3.05) is 50.5 Å². The fourth-order valence-electron chi connectivity index (χ4n) is 6.13. The number of halogens is 4. The van der Waals surface area contributed by atoms with E-state index in [4.69, 9.17) is 16.3 Å². The first-order chi connectivity index (χ1) is 20.8. The molecule has 5 nitrogen and oxygen atoms in total. The molecule has 1 saturated heterocycles. The molecular formula is C33H31ClF3N3O2S. The third kappa shape index (κ3) is 5.66. The van der Waals surface area contributed by atoms with Gasteiger partial charge in [-0.3, -0.25) is 14.3 Å². The first kappa shape index (κ1) is 29.7. The van der Waals surface area contributed by atoms with E-state index in [0.29, 0.717) is 33.5 Å². The summed E-state index contributed by atoms with van der Waals surface area (Å²) in [6.07, 6.45) is -0.0590. The molecule has 6 rings (SSSR count). The van der Waals surface area contributed by atoms with Gasteiger partial charge in [0.05, 0.1) is 23.7 Å². The lowest BCUT2D eigenvalue weighted by Crippen LogP contribution is -2.48. The maximum absolute atomic E-state index is 15.6. The number of hydrogen-bond donors (Lipinski definition) is 0. The van der Waals surface area contributed by atoms with Crippen molar-refractivity contribution in [1.82, 2.24) is 9.47 Å². The summed E-state index contributed by atoms with van der Waals surface area (Å²) in [5.74, 6) is -1.31. The van der Waals surface area contributed by atoms with Crippen molar-refractivity contribution < 1.29 is 17.9 Å². The highest BCUT2D eigenvalue weighted by Gasteiger charge is 2.33. The second-order valence-electron chi connectivity index (χ2n) is 10.9. The Balaban J connectivity index is 1.38. The summed E-state index contributed by atoms with van der Waals surface area (Å²) >= 11 is 7.71. The largest absolute Gasteiger partial charge is 0.494 e. The Labute approximate surface area is 257 Å². The molecule has 2 aliphatic heterocycles. The van der Waals surface area contributed by atoms with Crippen LogP contribution in [0.5, 0.6) is 5.75 Å². The van der Waals surface area contributed by atoms with Gasteiger partial charge in [-0.15, -0.1) is 11.8 Å². The summed E-state index contributed by atoms with van der Waals surface area (Å²) in [6, 6.07) is 16.1. The van der Waals surface area contributed by atoms with Crippen LogP contribution < -0.4 is 15.2 Å². The van der Waals surface area contributed by atoms with Gasteiger partial charge >= 0.3 is 0 Å². The maximum Gasteiger partial charge on any atom is 0.260 e. The van der Waals surface area contributed by atoms with Crippen molar-refractivity contribution in [3.05, 3.63) is 110 Å². The molecule has 4 aromatic rings. The van der Waals surface area contributed by atoms with Crippen LogP contribution >= 0.6 is 23.4 Å². The zero-order valence-corrected chi connectivity index (χ0v) is 25.5. The molecule has 0 N–H and O–H groups in total. The number of fused-ring (bicyclic) bond motifs is 1. The maximum atomic E-state index is 15.6. The van der Waals surface area contributed by atoms with Gasteiger partial charge in [-0.05, 0) is 54.4 Å². The number of ether oxygens (including phenoxy) is 1. The molecule has 2 aliphatic rings. The minimum absolute atomic E-state index is 0.0204. The van der Waals surface area contributed by atoms with Crippen molar-refractivity contribution in [3.8, 4) is 16.9 Å². The Hall–Kier alpha value is -3.40. The van der Waals surface area contributed by atoms with E-state index in [1.54, 1.807) is 23.6 Å². The van der Waals surface area contributed by atoms with Gasteiger partial charge in [-0.25, -0.2) is 13.2 Å². The van der Waals surface area contributed by atoms with Gasteiger partial charge in [0.2, 0.25) is 0 Å². The second-order valence-corrected chi connectivity index (χ2v) is 12.3. The molecule has 1 fully saturated rings. The van der Waals surface area contributed by atoms with Gasteiger partial charge in [0, 0.05) is 66.7 Å². The van der Waals surface area contributed by atoms with E-state index < -0.39 is 17.5 Å². The van der Waals surface area contributed by atoms with Crippen LogP contribution in [0.2, 0.25) is 5.02 Å². The smallest absolute Gasteiger partial charge is 0.260 e. The lowest BCUT2D eigenvalue weighted by Gasteiger charge is -2.37. The number of benzene rings is 3. The number of methoxy groups -OCH3 is 1. The summed E-state index contributed by atoms with van der Waals surface area (Å²) in [5, 5.41) is 1.38. The molecule has 1 aromatic heterocycles. The Bertz CT molecular complexity index is 1720. The molecular weight excluding hydrogens is 595 g/mol. The summed E-state index contributed by atoms with van der Waals surface area (Å²) < 4.78 is 52.2. The average molecular weight is 626 g/mol. The van der Waals surface area contributed by atoms with Crippen LogP contribution in [-0.2, 0) is 6.42 Å². The Morgan fingerprint density at radius 1 is 0.953 bits per heavy atom. The molecule has 1 atom stereocenters. The van der Waals surface area contributed by atoms with Crippen molar-refractivity contribution in [2.45, 2.75) is 24.4 Å². The number of aromatic nitrogens is 1. The quantitative estimate of drug-likeness (QED) is 0.222. The third-order valence-electron chi connectivity index (χ3n) is 8.40. The minimum atomic E-state index is -0.657. The fourth-order valence-corrected chi connectivity index (χ4v) is 7.69. The van der Waals surface area contributed by atoms with Crippen LogP contribution in [-0.4, -0.2) is 55.1 Å². The predicted octanol–water partition coefficient (Wildman–Crippen LogP) is 6.96. The monoisotopic (exact) mass is 625 g/mol. The molecule has 0 radical (unpaired) electrons. The standard InChI is InChI=1S/C33H31ClF3N3O2S/c1-20-25(17-26-27(35)9-5-10-28(26)36)33-40(32(41)30(20)24-8-4-11-29(42-2)31(24)37)23(19-43-33)18-38-12-14-39(15-13-38)22-7-3-6-21(34)16-22/h3-11,16,23H,12-15,17-19H2,1-2H3. The van der Waals surface area contributed by atoms with Crippen LogP contribution in [0.1, 0.15) is 22.7 Å². The normalized spacial score (nSPS) is 16.9. The van der Waals surface area contributed by atoms with E-state index in [1.165, 1.54) is 43.1 Å². The Kier molecular flexibility index (Phi) is 8.49. The summed E-state index contributed by atoms with van der Waals surface area (Å²) in [6.45, 7) is 5.58. The number of hydrogen-bond acceptors (Lipinski definition) is 5. The van der Waals surface area contributed by atoms with E-state index >= 15 is 4.39 Å². The van der Waals surface area contributed by atoms with Gasteiger partial charge in [-0.2, -0.15) is 0 Å². The lowest BCUT2D eigenvalue weighted by molar-refractivity contribution is 0.224. The molecule has 224 valence electrons. The van der Waals surface area contributed by atoms with Gasteiger partial charge in [0.15, 0.2) is 11.6 Å². The van der Waals surface area contributed by atoms with Crippen molar-refractivity contribution in [3.63, 3.8) is 0 Å². The summed E-state index contributed by atoms with van der Waals surface area (Å²) in [4.78, 5) is 18.9. The number of nitrogens with zero attached hydrogens (tertiary/aromatic N) is 3. The van der Waals surface area contributed by atoms with Gasteiger partial charge in [0.1, 0.15) is 11.6 Å². The first-order valence-corrected chi connectivity index (χ1v) is 15.5. The van der Waals surface area contributed by atoms with Crippen LogP contribution in [0.4, 0.5) is 18.9 Å². The number of rotatable bonds is 7. The zero-order chi connectivity index (χ0) is 30.2. The topological polar surface area (TPSA) is 37.7 Å². The van der Waals surface area contributed by atoms with Crippen molar-refractivity contribution >= 4 is 29.1 Å². The molecule has 3 heterocycles. The van der Waals surface area contributed by atoms with E-state index in [-0.39, 0.29) is 40.5 Å². The Morgan fingerprint density at radius 2 is 1.65 bits per heavy atom. The highest BCUT2D eigenvalue weighted by molar-refractivity contribution is 7.99. The van der Waals surface area contributed by atoms with E-state index in [1.807, 2.05) is 24.3 Å². The fraction of sp³-hybridized carbons (Fsp3) is 0.303. The van der Waals surface area contributed by atoms with Crippen molar-refractivity contribution in [2.24, 2.45) is 0 Å². The summed E-state index contributed by atoms with van der Waals surface area (Å²) in [5.41, 5.74) is 2.11. The van der Waals surface area contributed by atoms with Crippen LogP contribution in [0.25, 0.3) is 11.1 Å². The van der Waals surface area contributed by atoms with E-state index in [9.17, 15) is 13.6 Å². The molecule has 0 aliphatic carbocycles. The lowest BCUT2D eigenvalue weighted by atomic mass is 9.94. The average Bonchev–Trinajstić information content (AvgIpc) is 3.41. The number of anilines is 1. The van der Waals surface area contributed by atoms with Crippen LogP contribution in [0.3, 0.4) is 0 Å². The minimum Gasteiger partial charge on any atom is -0.494 e. The molecule has 0 amide bonds. The van der Waals surface area contributed by atoms with E-state index in [2.05, 4.69) is 9.80 Å².